The van der Waals surface area contributed by atoms with Crippen LogP contribution in [0.4, 0.5) is 8.78 Å². The number of hydrogen-bond acceptors (Lipinski definition) is 3. The molecule has 1 fully saturated rings. The zero-order valence-corrected chi connectivity index (χ0v) is 13.0. The van der Waals surface area contributed by atoms with Gasteiger partial charge in [-0.2, -0.15) is 0 Å². The first-order valence-corrected chi connectivity index (χ1v) is 6.85. The van der Waals surface area contributed by atoms with E-state index in [9.17, 15) is 23.2 Å². The molecule has 5 nitrogen and oxygen atoms in total. The van der Waals surface area contributed by atoms with E-state index in [0.717, 1.165) is 4.90 Å². The van der Waals surface area contributed by atoms with Gasteiger partial charge in [0.25, 0.3) is 5.92 Å². The van der Waals surface area contributed by atoms with Crippen LogP contribution >= 0.6 is 0 Å². The predicted octanol–water partition coefficient (Wildman–Crippen LogP) is 1.36. The van der Waals surface area contributed by atoms with E-state index in [1.165, 1.54) is 13.8 Å². The van der Waals surface area contributed by atoms with Crippen LogP contribution in [-0.2, 0) is 14.4 Å². The first-order valence-electron chi connectivity index (χ1n) is 6.85. The van der Waals surface area contributed by atoms with E-state index >= 15 is 0 Å². The topological polar surface area (TPSA) is 66.5 Å². The number of ketones is 1. The van der Waals surface area contributed by atoms with E-state index in [4.69, 9.17) is 0 Å². The summed E-state index contributed by atoms with van der Waals surface area (Å²) >= 11 is 0. The van der Waals surface area contributed by atoms with Crippen molar-refractivity contribution in [1.29, 1.82) is 0 Å². The van der Waals surface area contributed by atoms with Crippen LogP contribution in [0.2, 0.25) is 0 Å². The Balaban J connectivity index is 2.82. The van der Waals surface area contributed by atoms with Crippen LogP contribution in [-0.4, -0.2) is 47.0 Å². The SMILES string of the molecule is CC(=O)[C@@H]1CC(F)(F)CN1C(=O)[C@H](C)NC(=O)C(C)(C)C. The lowest BCUT2D eigenvalue weighted by molar-refractivity contribution is -0.141. The van der Waals surface area contributed by atoms with Crippen molar-refractivity contribution >= 4 is 17.6 Å². The van der Waals surface area contributed by atoms with Crippen molar-refractivity contribution in [1.82, 2.24) is 10.2 Å². The second-order valence-corrected chi connectivity index (χ2v) is 6.60. The Morgan fingerprint density at radius 3 is 2.24 bits per heavy atom. The van der Waals surface area contributed by atoms with E-state index < -0.39 is 48.1 Å². The lowest BCUT2D eigenvalue weighted by atomic mass is 9.95. The number of nitrogens with zero attached hydrogens (tertiary/aromatic N) is 1. The van der Waals surface area contributed by atoms with Crippen LogP contribution in [0.15, 0.2) is 0 Å². The summed E-state index contributed by atoms with van der Waals surface area (Å²) in [4.78, 5) is 36.4. The number of carbonyl (C=O) groups is 3. The van der Waals surface area contributed by atoms with E-state index in [1.54, 1.807) is 20.8 Å². The Morgan fingerprint density at radius 1 is 1.29 bits per heavy atom. The number of alkyl halides is 2. The maximum absolute atomic E-state index is 13.4. The molecule has 1 aliphatic rings. The Bertz CT molecular complexity index is 458. The summed E-state index contributed by atoms with van der Waals surface area (Å²) in [6.45, 7) is 6.88. The number of amides is 2. The van der Waals surface area contributed by atoms with Gasteiger partial charge >= 0.3 is 0 Å². The third-order valence-electron chi connectivity index (χ3n) is 3.42. The predicted molar refractivity (Wildman–Crippen MR) is 72.8 cm³/mol. The molecule has 1 heterocycles. The first kappa shape index (κ1) is 17.5. The Morgan fingerprint density at radius 2 is 1.81 bits per heavy atom. The molecule has 0 aromatic rings. The van der Waals surface area contributed by atoms with Crippen LogP contribution in [0.1, 0.15) is 41.0 Å². The van der Waals surface area contributed by atoms with Crippen molar-refractivity contribution in [3.63, 3.8) is 0 Å². The lowest BCUT2D eigenvalue weighted by Gasteiger charge is -2.27. The molecule has 0 spiro atoms. The molecule has 1 rings (SSSR count). The van der Waals surface area contributed by atoms with Gasteiger partial charge in [-0.3, -0.25) is 14.4 Å². The van der Waals surface area contributed by atoms with Crippen molar-refractivity contribution < 1.29 is 23.2 Å². The summed E-state index contributed by atoms with van der Waals surface area (Å²) in [6, 6.07) is -2.08. The fourth-order valence-corrected chi connectivity index (χ4v) is 2.14. The number of Topliss-reactive ketones (excluding diaryl/α,β-unsaturated/α-hetero) is 1. The second-order valence-electron chi connectivity index (χ2n) is 6.60. The molecular formula is C14H22F2N2O3. The van der Waals surface area contributed by atoms with Gasteiger partial charge in [-0.25, -0.2) is 8.78 Å². The average molecular weight is 304 g/mol. The normalized spacial score (nSPS) is 22.8. The third-order valence-corrected chi connectivity index (χ3v) is 3.42. The van der Waals surface area contributed by atoms with Gasteiger partial charge in [0.15, 0.2) is 5.78 Å². The third kappa shape index (κ3) is 4.22. The van der Waals surface area contributed by atoms with Gasteiger partial charge in [0.1, 0.15) is 6.04 Å². The Labute approximate surface area is 123 Å². The molecule has 2 amide bonds. The second kappa shape index (κ2) is 5.69. The highest BCUT2D eigenvalue weighted by atomic mass is 19.3. The molecule has 0 aromatic heterocycles. The van der Waals surface area contributed by atoms with E-state index in [2.05, 4.69) is 5.32 Å². The minimum atomic E-state index is -3.07. The molecule has 0 bridgehead atoms. The number of likely N-dealkylation sites (tertiary alicyclic amines) is 1. The zero-order valence-electron chi connectivity index (χ0n) is 13.0. The van der Waals surface area contributed by atoms with Gasteiger partial charge in [0.2, 0.25) is 11.8 Å². The summed E-state index contributed by atoms with van der Waals surface area (Å²) in [5.74, 6) is -4.56. The number of hydrogen-bond donors (Lipinski definition) is 1. The number of halogens is 2. The molecule has 0 saturated carbocycles. The molecule has 1 saturated heterocycles. The molecule has 0 unspecified atom stereocenters. The van der Waals surface area contributed by atoms with Crippen molar-refractivity contribution in [2.45, 2.75) is 59.0 Å². The Kier molecular flexibility index (Phi) is 4.75. The maximum atomic E-state index is 13.4. The van der Waals surface area contributed by atoms with Gasteiger partial charge in [0, 0.05) is 11.8 Å². The largest absolute Gasteiger partial charge is 0.344 e. The van der Waals surface area contributed by atoms with E-state index in [-0.39, 0.29) is 5.91 Å². The van der Waals surface area contributed by atoms with E-state index in [1.807, 2.05) is 0 Å². The molecule has 7 heteroatoms. The average Bonchev–Trinajstić information content (AvgIpc) is 2.63. The quantitative estimate of drug-likeness (QED) is 0.856. The van der Waals surface area contributed by atoms with Crippen LogP contribution < -0.4 is 5.32 Å². The standard InChI is InChI=1S/C14H22F2N2O3/c1-8(17-12(21)13(3,4)5)11(20)18-7-14(15,16)6-10(18)9(2)19/h8,10H,6-7H2,1-5H3,(H,17,21)/t8-,10-/m0/s1. The minimum absolute atomic E-state index is 0.353. The minimum Gasteiger partial charge on any atom is -0.344 e. The number of nitrogens with one attached hydrogen (secondary N) is 1. The van der Waals surface area contributed by atoms with Crippen molar-refractivity contribution in [2.24, 2.45) is 5.41 Å². The number of carbonyl (C=O) groups excluding carboxylic acids is 3. The molecular weight excluding hydrogens is 282 g/mol. The lowest BCUT2D eigenvalue weighted by Crippen LogP contribution is -2.52. The smallest absolute Gasteiger partial charge is 0.267 e. The van der Waals surface area contributed by atoms with Crippen molar-refractivity contribution in [3.8, 4) is 0 Å². The summed E-state index contributed by atoms with van der Waals surface area (Å²) < 4.78 is 26.9. The summed E-state index contributed by atoms with van der Waals surface area (Å²) in [6.07, 6.45) is -0.659. The zero-order chi connectivity index (χ0) is 16.6. The highest BCUT2D eigenvalue weighted by molar-refractivity contribution is 5.93. The molecule has 2 atom stereocenters. The van der Waals surface area contributed by atoms with Crippen molar-refractivity contribution in [2.75, 3.05) is 6.54 Å². The maximum Gasteiger partial charge on any atom is 0.267 e. The summed E-state index contributed by atoms with van der Waals surface area (Å²) in [7, 11) is 0. The van der Waals surface area contributed by atoms with Gasteiger partial charge in [-0.1, -0.05) is 20.8 Å². The van der Waals surface area contributed by atoms with Gasteiger partial charge in [-0.15, -0.1) is 0 Å². The van der Waals surface area contributed by atoms with Crippen LogP contribution in [0.3, 0.4) is 0 Å². The highest BCUT2D eigenvalue weighted by Crippen LogP contribution is 2.32. The van der Waals surface area contributed by atoms with Crippen LogP contribution in [0, 0.1) is 5.41 Å². The van der Waals surface area contributed by atoms with E-state index in [0.29, 0.717) is 0 Å². The first-order chi connectivity index (χ1) is 9.35. The van der Waals surface area contributed by atoms with Crippen LogP contribution in [0.5, 0.6) is 0 Å². The van der Waals surface area contributed by atoms with Gasteiger partial charge < -0.3 is 10.2 Å². The van der Waals surface area contributed by atoms with Gasteiger partial charge in [0.05, 0.1) is 12.6 Å². The molecule has 21 heavy (non-hydrogen) atoms. The molecule has 0 aromatic carbocycles. The van der Waals surface area contributed by atoms with Crippen molar-refractivity contribution in [3.05, 3.63) is 0 Å². The monoisotopic (exact) mass is 304 g/mol. The summed E-state index contributed by atoms with van der Waals surface area (Å²) in [5, 5.41) is 2.50. The molecule has 0 aliphatic carbocycles. The molecule has 1 N–H and O–H groups in total. The highest BCUT2D eigenvalue weighted by Gasteiger charge is 2.49. The molecule has 120 valence electrons. The van der Waals surface area contributed by atoms with Gasteiger partial charge in [-0.05, 0) is 13.8 Å². The van der Waals surface area contributed by atoms with Crippen LogP contribution in [0.25, 0.3) is 0 Å². The number of rotatable bonds is 3. The molecule has 0 radical (unpaired) electrons. The summed E-state index contributed by atoms with van der Waals surface area (Å²) in [5.41, 5.74) is -0.691. The fraction of sp³-hybridized carbons (Fsp3) is 0.786. The molecule has 1 aliphatic heterocycles. The fourth-order valence-electron chi connectivity index (χ4n) is 2.14. The Hall–Kier alpha value is -1.53.